The Morgan fingerprint density at radius 2 is 2.33 bits per heavy atom. The van der Waals surface area contributed by atoms with Gasteiger partial charge in [-0.05, 0) is 30.9 Å². The number of hydrogen-bond donors (Lipinski definition) is 1. The van der Waals surface area contributed by atoms with Crippen LogP contribution in [0, 0.1) is 6.92 Å². The summed E-state index contributed by atoms with van der Waals surface area (Å²) >= 11 is 1.72. The van der Waals surface area contributed by atoms with Gasteiger partial charge in [0.2, 0.25) is 0 Å². The predicted octanol–water partition coefficient (Wildman–Crippen LogP) is 1.58. The molecule has 0 saturated carbocycles. The molecule has 2 heterocycles. The van der Waals surface area contributed by atoms with Crippen LogP contribution in [0.5, 0.6) is 0 Å². The topological polar surface area (TPSA) is 56.7 Å². The second-order valence-corrected chi connectivity index (χ2v) is 4.60. The van der Waals surface area contributed by atoms with Crippen LogP contribution < -0.4 is 5.73 Å². The fraction of sp³-hybridized carbons (Fsp3) is 0.400. The Kier molecular flexibility index (Phi) is 2.83. The van der Waals surface area contributed by atoms with Crippen molar-refractivity contribution in [1.82, 2.24) is 14.8 Å². The summed E-state index contributed by atoms with van der Waals surface area (Å²) in [4.78, 5) is 5.23. The maximum Gasteiger partial charge on any atom is 0.137 e. The molecule has 0 amide bonds. The molecule has 0 saturated heterocycles. The van der Waals surface area contributed by atoms with Gasteiger partial charge in [-0.1, -0.05) is 0 Å². The third-order valence-corrected chi connectivity index (χ3v) is 3.48. The summed E-state index contributed by atoms with van der Waals surface area (Å²) in [6, 6.07) is 2.21. The molecule has 0 aliphatic heterocycles. The van der Waals surface area contributed by atoms with E-state index in [1.54, 1.807) is 24.0 Å². The number of aryl methyl sites for hydroxylation is 1. The molecule has 2 aromatic rings. The third-order valence-electron chi connectivity index (χ3n) is 2.39. The Balaban J connectivity index is 2.41. The highest BCUT2D eigenvalue weighted by Gasteiger charge is 2.21. The second-order valence-electron chi connectivity index (χ2n) is 3.65. The summed E-state index contributed by atoms with van der Waals surface area (Å²) < 4.78 is 1.82. The molecule has 2 N–H and O–H groups in total. The Morgan fingerprint density at radius 3 is 2.80 bits per heavy atom. The summed E-state index contributed by atoms with van der Waals surface area (Å²) in [5.74, 6) is 0. The number of aromatic nitrogens is 3. The number of nitrogens with zero attached hydrogens (tertiary/aromatic N) is 3. The first-order chi connectivity index (χ1) is 7.20. The lowest BCUT2D eigenvalue weighted by molar-refractivity contribution is 0.458. The lowest BCUT2D eigenvalue weighted by atomic mass is 10.1. The maximum absolute atomic E-state index is 6.01. The summed E-state index contributed by atoms with van der Waals surface area (Å²) in [5, 5.41) is 6.25. The molecule has 80 valence electrons. The van der Waals surface area contributed by atoms with Crippen LogP contribution in [-0.4, -0.2) is 20.8 Å². The van der Waals surface area contributed by atoms with Crippen LogP contribution in [0.25, 0.3) is 0 Å². The fourth-order valence-corrected chi connectivity index (χ4v) is 2.78. The first-order valence-electron chi connectivity index (χ1n) is 4.84. The largest absolute Gasteiger partial charge is 0.326 e. The highest BCUT2D eigenvalue weighted by Crippen LogP contribution is 2.28. The highest BCUT2D eigenvalue weighted by molar-refractivity contribution is 7.10. The normalized spacial score (nSPS) is 15.1. The van der Waals surface area contributed by atoms with Gasteiger partial charge in [-0.25, -0.2) is 9.67 Å². The molecule has 2 unspecified atom stereocenters. The van der Waals surface area contributed by atoms with E-state index in [0.29, 0.717) is 0 Å². The van der Waals surface area contributed by atoms with Crippen LogP contribution >= 0.6 is 11.3 Å². The van der Waals surface area contributed by atoms with Gasteiger partial charge in [0.25, 0.3) is 0 Å². The van der Waals surface area contributed by atoms with Gasteiger partial charge in [0.05, 0.1) is 0 Å². The van der Waals surface area contributed by atoms with E-state index in [1.165, 1.54) is 10.4 Å². The van der Waals surface area contributed by atoms with E-state index in [1.807, 2.05) is 11.6 Å². The van der Waals surface area contributed by atoms with E-state index in [4.69, 9.17) is 5.73 Å². The fourth-order valence-electron chi connectivity index (χ4n) is 1.65. The first-order valence-corrected chi connectivity index (χ1v) is 5.72. The van der Waals surface area contributed by atoms with Gasteiger partial charge in [-0.15, -0.1) is 11.3 Å². The van der Waals surface area contributed by atoms with Crippen molar-refractivity contribution in [2.45, 2.75) is 25.9 Å². The van der Waals surface area contributed by atoms with E-state index in [-0.39, 0.29) is 12.1 Å². The van der Waals surface area contributed by atoms with Crippen molar-refractivity contribution in [3.8, 4) is 0 Å². The molecular weight excluding hydrogens is 208 g/mol. The number of rotatable bonds is 3. The third kappa shape index (κ3) is 1.93. The molecule has 0 aliphatic rings. The second kappa shape index (κ2) is 4.12. The van der Waals surface area contributed by atoms with Crippen molar-refractivity contribution >= 4 is 11.3 Å². The molecule has 0 aromatic carbocycles. The minimum atomic E-state index is 0.0176. The van der Waals surface area contributed by atoms with E-state index in [2.05, 4.69) is 28.5 Å². The van der Waals surface area contributed by atoms with Crippen molar-refractivity contribution in [3.05, 3.63) is 34.5 Å². The Hall–Kier alpha value is -1.20. The summed E-state index contributed by atoms with van der Waals surface area (Å²) in [7, 11) is 0. The first kappa shape index (κ1) is 10.3. The minimum absolute atomic E-state index is 0.0176. The lowest BCUT2D eigenvalue weighted by Gasteiger charge is -2.20. The molecule has 2 rings (SSSR count). The minimum Gasteiger partial charge on any atom is -0.326 e. The molecule has 4 nitrogen and oxygen atoms in total. The number of thiophene rings is 1. The molecular formula is C10H14N4S. The Morgan fingerprint density at radius 1 is 1.53 bits per heavy atom. The molecule has 5 heteroatoms. The quantitative estimate of drug-likeness (QED) is 0.858. The summed E-state index contributed by atoms with van der Waals surface area (Å²) in [5.41, 5.74) is 7.27. The molecule has 2 atom stereocenters. The SMILES string of the molecule is Cc1ccsc1C(C(C)N)n1cncn1. The van der Waals surface area contributed by atoms with Crippen LogP contribution in [-0.2, 0) is 0 Å². The van der Waals surface area contributed by atoms with E-state index in [0.717, 1.165) is 0 Å². The van der Waals surface area contributed by atoms with Crippen molar-refractivity contribution in [3.63, 3.8) is 0 Å². The van der Waals surface area contributed by atoms with Crippen LogP contribution in [0.3, 0.4) is 0 Å². The molecule has 2 aromatic heterocycles. The van der Waals surface area contributed by atoms with E-state index >= 15 is 0 Å². The van der Waals surface area contributed by atoms with E-state index in [9.17, 15) is 0 Å². The zero-order valence-electron chi connectivity index (χ0n) is 8.79. The zero-order valence-corrected chi connectivity index (χ0v) is 9.61. The predicted molar refractivity (Wildman–Crippen MR) is 60.9 cm³/mol. The standard InChI is InChI=1S/C10H14N4S/c1-7-3-4-15-10(7)9(8(2)11)14-6-12-5-13-14/h3-6,8-9H,11H2,1-2H3. The highest BCUT2D eigenvalue weighted by atomic mass is 32.1. The molecule has 15 heavy (non-hydrogen) atoms. The molecule has 0 radical (unpaired) electrons. The van der Waals surface area contributed by atoms with Gasteiger partial charge >= 0.3 is 0 Å². The van der Waals surface area contributed by atoms with Gasteiger partial charge in [0.15, 0.2) is 0 Å². The van der Waals surface area contributed by atoms with Crippen LogP contribution in [0.15, 0.2) is 24.1 Å². The lowest BCUT2D eigenvalue weighted by Crippen LogP contribution is -2.30. The maximum atomic E-state index is 6.01. The van der Waals surface area contributed by atoms with Crippen LogP contribution in [0.1, 0.15) is 23.4 Å². The Labute approximate surface area is 92.8 Å². The monoisotopic (exact) mass is 222 g/mol. The summed E-state index contributed by atoms with van der Waals surface area (Å²) in [6.07, 6.45) is 3.26. The van der Waals surface area contributed by atoms with Crippen LogP contribution in [0.2, 0.25) is 0 Å². The van der Waals surface area contributed by atoms with Crippen LogP contribution in [0.4, 0.5) is 0 Å². The van der Waals surface area contributed by atoms with Gasteiger partial charge in [-0.3, -0.25) is 0 Å². The summed E-state index contributed by atoms with van der Waals surface area (Å²) in [6.45, 7) is 4.09. The average Bonchev–Trinajstić information content (AvgIpc) is 2.79. The van der Waals surface area contributed by atoms with Crippen molar-refractivity contribution in [2.24, 2.45) is 5.73 Å². The van der Waals surface area contributed by atoms with Crippen molar-refractivity contribution in [2.75, 3.05) is 0 Å². The van der Waals surface area contributed by atoms with Crippen molar-refractivity contribution in [1.29, 1.82) is 0 Å². The molecule has 0 fully saturated rings. The average molecular weight is 222 g/mol. The smallest absolute Gasteiger partial charge is 0.137 e. The van der Waals surface area contributed by atoms with Gasteiger partial charge in [0, 0.05) is 10.9 Å². The molecule has 0 aliphatic carbocycles. The molecule has 0 bridgehead atoms. The molecule has 0 spiro atoms. The number of hydrogen-bond acceptors (Lipinski definition) is 4. The number of nitrogens with two attached hydrogens (primary N) is 1. The zero-order chi connectivity index (χ0) is 10.8. The Bertz CT molecular complexity index is 418. The van der Waals surface area contributed by atoms with Gasteiger partial charge < -0.3 is 5.73 Å². The van der Waals surface area contributed by atoms with Crippen molar-refractivity contribution < 1.29 is 0 Å². The van der Waals surface area contributed by atoms with Gasteiger partial charge in [-0.2, -0.15) is 5.10 Å². The van der Waals surface area contributed by atoms with E-state index < -0.39 is 0 Å². The van der Waals surface area contributed by atoms with Gasteiger partial charge in [0.1, 0.15) is 18.7 Å².